The van der Waals surface area contributed by atoms with Crippen molar-refractivity contribution in [2.75, 3.05) is 0 Å². The fourth-order valence-electron chi connectivity index (χ4n) is 10.1. The second-order valence-electron chi connectivity index (χ2n) is 16.9. The van der Waals surface area contributed by atoms with Crippen LogP contribution >= 0.6 is 0 Å². The van der Waals surface area contributed by atoms with Crippen LogP contribution in [0.2, 0.25) is 0 Å². The number of hydrogen-bond acceptors (Lipinski definition) is 1. The van der Waals surface area contributed by atoms with Gasteiger partial charge in [0.1, 0.15) is 50.4 Å². The molecule has 0 unspecified atom stereocenters. The van der Waals surface area contributed by atoms with Gasteiger partial charge in [-0.05, 0) is 113 Å². The molecule has 0 N–H and O–H groups in total. The van der Waals surface area contributed by atoms with Crippen LogP contribution in [0.25, 0.3) is 110 Å². The maximum absolute atomic E-state index is 6.57. The molecule has 0 spiro atoms. The van der Waals surface area contributed by atoms with Gasteiger partial charge in [0, 0.05) is 16.3 Å². The molecule has 11 aromatic rings. The van der Waals surface area contributed by atoms with Gasteiger partial charge in [0.25, 0.3) is 0 Å². The van der Waals surface area contributed by atoms with Crippen molar-refractivity contribution < 1.29 is 4.42 Å². The third-order valence-electron chi connectivity index (χ3n) is 13.6. The lowest BCUT2D eigenvalue weighted by Gasteiger charge is -2.24. The Hall–Kier alpha value is -7.16. The molecule has 0 saturated heterocycles. The van der Waals surface area contributed by atoms with Gasteiger partial charge in [0.2, 0.25) is 0 Å². The van der Waals surface area contributed by atoms with Crippen LogP contribution in [-0.2, 0) is 0 Å². The summed E-state index contributed by atoms with van der Waals surface area (Å²) in [6, 6.07) is 68.7. The maximum atomic E-state index is 6.57. The Kier molecular flexibility index (Phi) is 9.20. The molecule has 6 heteroatoms. The Bertz CT molecular complexity index is 3410. The monoisotopic (exact) mass is 784 g/mol. The van der Waals surface area contributed by atoms with Gasteiger partial charge in [-0.2, -0.15) is 0 Å². The van der Waals surface area contributed by atoms with Gasteiger partial charge in [-0.1, -0.05) is 169 Å². The quantitative estimate of drug-likeness (QED) is 0.129. The molecule has 1 nitrogen and oxygen atoms in total. The Labute approximate surface area is 367 Å². The molecule has 286 valence electrons. The van der Waals surface area contributed by atoms with Gasteiger partial charge in [0.05, 0.1) is 0 Å². The number of hydrogen-bond donors (Lipinski definition) is 0. The largest absolute Gasteiger partial charge is 0.456 e. The predicted molar refractivity (Wildman–Crippen MR) is 282 cm³/mol. The predicted octanol–water partition coefficient (Wildman–Crippen LogP) is 7.19. The number of benzene rings is 10. The SMILES string of the molecule is Bc1c(B)c(B)c(-c2c3ccccc3c(-c3ccc(-c4c(-c5cc(-c6ccccc6)cc(-c6ccccc6)c5)ccc5oc6ccccc6c45)cc3)c3ccccc23)c(B)c1B. The summed E-state index contributed by atoms with van der Waals surface area (Å²) in [5.41, 5.74) is 23.2. The molecule has 0 aliphatic heterocycles. The van der Waals surface area contributed by atoms with E-state index < -0.39 is 0 Å². The van der Waals surface area contributed by atoms with Crippen molar-refractivity contribution in [3.8, 4) is 66.8 Å². The molecule has 0 bridgehead atoms. The first-order valence-corrected chi connectivity index (χ1v) is 21.7. The highest BCUT2D eigenvalue weighted by Gasteiger charge is 2.23. The Morgan fingerprint density at radius 2 is 0.677 bits per heavy atom. The molecule has 0 amide bonds. The van der Waals surface area contributed by atoms with Crippen molar-refractivity contribution in [2.45, 2.75) is 0 Å². The molecule has 0 aliphatic rings. The molecule has 0 fully saturated rings. The first kappa shape index (κ1) is 37.8. The summed E-state index contributed by atoms with van der Waals surface area (Å²) in [7, 11) is 11.4. The number of para-hydroxylation sites is 1. The topological polar surface area (TPSA) is 13.1 Å². The van der Waals surface area contributed by atoms with Crippen LogP contribution in [0.5, 0.6) is 0 Å². The fraction of sp³-hybridized carbons (Fsp3) is 0. The molecule has 62 heavy (non-hydrogen) atoms. The van der Waals surface area contributed by atoms with E-state index in [1.54, 1.807) is 0 Å². The fourth-order valence-corrected chi connectivity index (χ4v) is 10.1. The van der Waals surface area contributed by atoms with Crippen LogP contribution in [0.1, 0.15) is 0 Å². The molecule has 0 radical (unpaired) electrons. The Morgan fingerprint density at radius 3 is 1.21 bits per heavy atom. The minimum atomic E-state index is 0.885. The van der Waals surface area contributed by atoms with E-state index in [9.17, 15) is 0 Å². The van der Waals surface area contributed by atoms with Crippen molar-refractivity contribution in [3.63, 3.8) is 0 Å². The third kappa shape index (κ3) is 6.08. The van der Waals surface area contributed by atoms with Gasteiger partial charge < -0.3 is 4.42 Å². The van der Waals surface area contributed by atoms with Crippen LogP contribution in [0.4, 0.5) is 0 Å². The second-order valence-corrected chi connectivity index (χ2v) is 16.9. The summed E-state index contributed by atoms with van der Waals surface area (Å²) in [5.74, 6) is 0. The molecule has 11 rings (SSSR count). The minimum absolute atomic E-state index is 0.885. The zero-order valence-electron chi connectivity index (χ0n) is 35.8. The van der Waals surface area contributed by atoms with Gasteiger partial charge in [-0.15, -0.1) is 16.4 Å². The summed E-state index contributed by atoms with van der Waals surface area (Å²) in [6.45, 7) is 0. The first-order valence-electron chi connectivity index (χ1n) is 21.7. The minimum Gasteiger partial charge on any atom is -0.456 e. The third-order valence-corrected chi connectivity index (χ3v) is 13.6. The van der Waals surface area contributed by atoms with E-state index in [0.29, 0.717) is 0 Å². The molecular weight excluding hydrogens is 743 g/mol. The standard InChI is InChI=1S/C56H41B5O/c57-52-51(53(58)55(60)56(61)54(52)59)49-42-19-9-7-17-40(42)47(41-18-8-10-20-43(41)49)34-23-25-35(26-24-34)48-39(27-28-46-50(48)44-21-11-12-22-45(44)62-46)38-30-36(32-13-3-1-4-14-32)29-37(31-38)33-15-5-2-6-16-33/h1-31H,57-61H2. The zero-order valence-corrected chi connectivity index (χ0v) is 35.8. The van der Waals surface area contributed by atoms with Crippen molar-refractivity contribution in [3.05, 3.63) is 188 Å². The zero-order chi connectivity index (χ0) is 42.1. The van der Waals surface area contributed by atoms with Crippen LogP contribution in [0.15, 0.2) is 192 Å². The molecule has 1 heterocycles. The van der Waals surface area contributed by atoms with E-state index in [1.807, 2.05) is 0 Å². The summed E-state index contributed by atoms with van der Waals surface area (Å²) >= 11 is 0. The Morgan fingerprint density at radius 1 is 0.258 bits per heavy atom. The maximum Gasteiger partial charge on any atom is 0.139 e. The highest BCUT2D eigenvalue weighted by molar-refractivity contribution is 6.69. The van der Waals surface area contributed by atoms with Crippen LogP contribution in [-0.4, -0.2) is 39.2 Å². The molecule has 10 aromatic carbocycles. The smallest absolute Gasteiger partial charge is 0.139 e. The van der Waals surface area contributed by atoms with Crippen LogP contribution in [0, 0.1) is 0 Å². The summed E-state index contributed by atoms with van der Waals surface area (Å²) in [5, 5.41) is 7.33. The van der Waals surface area contributed by atoms with Gasteiger partial charge in [-0.3, -0.25) is 0 Å². The number of fused-ring (bicyclic) bond motifs is 5. The van der Waals surface area contributed by atoms with Crippen LogP contribution in [0.3, 0.4) is 0 Å². The summed E-state index contributed by atoms with van der Waals surface area (Å²) in [4.78, 5) is 0. The van der Waals surface area contributed by atoms with Crippen LogP contribution < -0.4 is 27.3 Å². The lowest BCUT2D eigenvalue weighted by molar-refractivity contribution is 0.669. The van der Waals surface area contributed by atoms with E-state index >= 15 is 0 Å². The molecule has 0 atom stereocenters. The average Bonchev–Trinajstić information content (AvgIpc) is 3.72. The number of rotatable bonds is 6. The second kappa shape index (κ2) is 15.1. The Balaban J connectivity index is 1.15. The molecular formula is C56H41B5O. The summed E-state index contributed by atoms with van der Waals surface area (Å²) < 4.78 is 6.57. The van der Waals surface area contributed by atoms with Crippen molar-refractivity contribution in [1.29, 1.82) is 0 Å². The van der Waals surface area contributed by atoms with E-state index in [2.05, 4.69) is 227 Å². The normalized spacial score (nSPS) is 11.5. The van der Waals surface area contributed by atoms with E-state index in [-0.39, 0.29) is 0 Å². The van der Waals surface area contributed by atoms with Gasteiger partial charge in [-0.25, -0.2) is 0 Å². The molecule has 0 aliphatic carbocycles. The van der Waals surface area contributed by atoms with Gasteiger partial charge >= 0.3 is 0 Å². The number of furan rings is 1. The van der Waals surface area contributed by atoms with E-state index in [0.717, 1.165) is 33.1 Å². The molecule has 1 aromatic heterocycles. The van der Waals surface area contributed by atoms with Gasteiger partial charge in [0.15, 0.2) is 0 Å². The highest BCUT2D eigenvalue weighted by Crippen LogP contribution is 2.47. The summed E-state index contributed by atoms with van der Waals surface area (Å²) in [6.07, 6.45) is 0. The van der Waals surface area contributed by atoms with E-state index in [1.165, 1.54) is 104 Å². The lowest BCUT2D eigenvalue weighted by atomic mass is 9.59. The highest BCUT2D eigenvalue weighted by atomic mass is 16.3. The van der Waals surface area contributed by atoms with Crippen molar-refractivity contribution in [1.82, 2.24) is 0 Å². The first-order chi connectivity index (χ1) is 30.4. The average molecular weight is 784 g/mol. The van der Waals surface area contributed by atoms with E-state index in [4.69, 9.17) is 4.42 Å². The van der Waals surface area contributed by atoms with Crippen molar-refractivity contribution in [2.24, 2.45) is 0 Å². The molecule has 0 saturated carbocycles. The van der Waals surface area contributed by atoms with Crippen molar-refractivity contribution >= 4 is 110 Å². The lowest BCUT2D eigenvalue weighted by Crippen LogP contribution is -2.55.